The van der Waals surface area contributed by atoms with Crippen LogP contribution < -0.4 is 0 Å². The van der Waals surface area contributed by atoms with Gasteiger partial charge in [-0.1, -0.05) is 60.5 Å². The molecule has 1 saturated heterocycles. The van der Waals surface area contributed by atoms with E-state index in [0.717, 1.165) is 11.1 Å². The van der Waals surface area contributed by atoms with Gasteiger partial charge in [0.15, 0.2) is 0 Å². The zero-order valence-corrected chi connectivity index (χ0v) is 14.4. The number of benzene rings is 2. The molecule has 24 heavy (non-hydrogen) atoms. The molecule has 0 radical (unpaired) electrons. The van der Waals surface area contributed by atoms with Crippen LogP contribution in [0.2, 0.25) is 0 Å². The molecule has 2 aromatic carbocycles. The second-order valence-corrected chi connectivity index (χ2v) is 7.86. The van der Waals surface area contributed by atoms with Crippen molar-refractivity contribution in [1.29, 1.82) is 0 Å². The Labute approximate surface area is 143 Å². The Balaban J connectivity index is 2.02. The first-order valence-electron chi connectivity index (χ1n) is 7.74. The maximum Gasteiger partial charge on any atom is 0.264 e. The van der Waals surface area contributed by atoms with E-state index in [0.29, 0.717) is 18.7 Å². The van der Waals surface area contributed by atoms with E-state index in [-0.39, 0.29) is 4.90 Å². The fraction of sp³-hybridized carbons (Fsp3) is 0.200. The molecule has 0 bridgehead atoms. The highest BCUT2D eigenvalue weighted by Gasteiger charge is 2.46. The van der Waals surface area contributed by atoms with E-state index in [1.165, 1.54) is 4.31 Å². The average molecular weight is 337 g/mol. The van der Waals surface area contributed by atoms with Gasteiger partial charge in [-0.2, -0.15) is 0 Å². The standard InChI is InChI=1S/C20H19NO2S/c1-4-20(18-8-6-5-7-9-18)14-15-21(17(20)3)24(22,23)19-12-10-16(2)11-13-19/h1,5-13H,3,14-15H2,2H3. The van der Waals surface area contributed by atoms with Crippen molar-refractivity contribution in [2.24, 2.45) is 0 Å². The second-order valence-electron chi connectivity index (χ2n) is 6.00. The van der Waals surface area contributed by atoms with Crippen LogP contribution in [0.3, 0.4) is 0 Å². The highest BCUT2D eigenvalue weighted by Crippen LogP contribution is 2.44. The monoisotopic (exact) mass is 337 g/mol. The third-order valence-electron chi connectivity index (χ3n) is 4.61. The van der Waals surface area contributed by atoms with Crippen molar-refractivity contribution >= 4 is 10.0 Å². The van der Waals surface area contributed by atoms with Gasteiger partial charge in [-0.25, -0.2) is 8.42 Å². The minimum Gasteiger partial charge on any atom is -0.269 e. The Hall–Kier alpha value is -2.51. The van der Waals surface area contributed by atoms with Gasteiger partial charge in [0.2, 0.25) is 0 Å². The van der Waals surface area contributed by atoms with Gasteiger partial charge in [-0.3, -0.25) is 4.31 Å². The molecular formula is C20H19NO2S. The van der Waals surface area contributed by atoms with E-state index in [1.807, 2.05) is 37.3 Å². The SMILES string of the molecule is C#CC1(c2ccccc2)CCN(S(=O)(=O)c2ccc(C)cc2)C1=C. The molecule has 0 amide bonds. The lowest BCUT2D eigenvalue weighted by Gasteiger charge is -2.27. The molecule has 0 aliphatic carbocycles. The molecule has 0 N–H and O–H groups in total. The number of rotatable bonds is 3. The maximum absolute atomic E-state index is 13.0. The van der Waals surface area contributed by atoms with Gasteiger partial charge in [0.05, 0.1) is 10.3 Å². The first kappa shape index (κ1) is 16.4. The van der Waals surface area contributed by atoms with Crippen molar-refractivity contribution in [3.63, 3.8) is 0 Å². The highest BCUT2D eigenvalue weighted by molar-refractivity contribution is 7.89. The summed E-state index contributed by atoms with van der Waals surface area (Å²) in [5, 5.41) is 0. The van der Waals surface area contributed by atoms with Gasteiger partial charge >= 0.3 is 0 Å². The summed E-state index contributed by atoms with van der Waals surface area (Å²) in [7, 11) is -3.66. The molecule has 122 valence electrons. The first-order valence-corrected chi connectivity index (χ1v) is 9.18. The molecule has 3 rings (SSSR count). The van der Waals surface area contributed by atoms with Crippen LogP contribution in [-0.2, 0) is 15.4 Å². The number of hydrogen-bond donors (Lipinski definition) is 0. The zero-order chi connectivity index (χ0) is 17.4. The van der Waals surface area contributed by atoms with Crippen LogP contribution in [-0.4, -0.2) is 19.3 Å². The summed E-state index contributed by atoms with van der Waals surface area (Å²) in [6, 6.07) is 16.4. The minimum atomic E-state index is -3.66. The van der Waals surface area contributed by atoms with Gasteiger partial charge in [-0.05, 0) is 31.0 Å². The third-order valence-corrected chi connectivity index (χ3v) is 6.46. The van der Waals surface area contributed by atoms with Crippen molar-refractivity contribution in [2.45, 2.75) is 23.7 Å². The van der Waals surface area contributed by atoms with Crippen molar-refractivity contribution in [2.75, 3.05) is 6.54 Å². The summed E-state index contributed by atoms with van der Waals surface area (Å²) in [4.78, 5) is 0.259. The number of aryl methyl sites for hydroxylation is 1. The van der Waals surface area contributed by atoms with Crippen molar-refractivity contribution in [3.8, 4) is 12.3 Å². The number of allylic oxidation sites excluding steroid dienone is 1. The van der Waals surface area contributed by atoms with Crippen LogP contribution >= 0.6 is 0 Å². The van der Waals surface area contributed by atoms with Gasteiger partial charge in [0, 0.05) is 12.2 Å². The summed E-state index contributed by atoms with van der Waals surface area (Å²) < 4.78 is 27.3. The molecule has 2 aromatic rings. The predicted molar refractivity (Wildman–Crippen MR) is 95.8 cm³/mol. The quantitative estimate of drug-likeness (QED) is 0.804. The summed E-state index contributed by atoms with van der Waals surface area (Å²) in [6.07, 6.45) is 6.35. The maximum atomic E-state index is 13.0. The Kier molecular flexibility index (Phi) is 3.98. The molecular weight excluding hydrogens is 318 g/mol. The summed E-state index contributed by atoms with van der Waals surface area (Å²) >= 11 is 0. The highest BCUT2D eigenvalue weighted by atomic mass is 32.2. The molecule has 0 saturated carbocycles. The number of hydrogen-bond acceptors (Lipinski definition) is 2. The van der Waals surface area contributed by atoms with Crippen LogP contribution in [0.5, 0.6) is 0 Å². The summed E-state index contributed by atoms with van der Waals surface area (Å²) in [5.41, 5.74) is 1.58. The molecule has 1 unspecified atom stereocenters. The van der Waals surface area contributed by atoms with Crippen molar-refractivity contribution in [1.82, 2.24) is 4.31 Å². The Bertz CT molecular complexity index is 908. The number of nitrogens with zero attached hydrogens (tertiary/aromatic N) is 1. The van der Waals surface area contributed by atoms with Crippen LogP contribution in [0.1, 0.15) is 17.5 Å². The lowest BCUT2D eigenvalue weighted by atomic mass is 9.78. The van der Waals surface area contributed by atoms with E-state index in [2.05, 4.69) is 12.5 Å². The largest absolute Gasteiger partial charge is 0.269 e. The van der Waals surface area contributed by atoms with Crippen LogP contribution in [0.15, 0.2) is 71.8 Å². The number of terminal acetylenes is 1. The van der Waals surface area contributed by atoms with E-state index < -0.39 is 15.4 Å². The molecule has 0 spiro atoms. The normalized spacial score (nSPS) is 20.8. The molecule has 1 heterocycles. The molecule has 3 nitrogen and oxygen atoms in total. The van der Waals surface area contributed by atoms with Gasteiger partial charge in [0.25, 0.3) is 10.0 Å². The van der Waals surface area contributed by atoms with Gasteiger partial charge in [0.1, 0.15) is 0 Å². The number of sulfonamides is 1. The molecule has 1 aliphatic heterocycles. The van der Waals surface area contributed by atoms with E-state index in [4.69, 9.17) is 6.42 Å². The van der Waals surface area contributed by atoms with Crippen LogP contribution in [0.4, 0.5) is 0 Å². The molecule has 1 aliphatic rings. The smallest absolute Gasteiger partial charge is 0.264 e. The van der Waals surface area contributed by atoms with Crippen molar-refractivity contribution in [3.05, 3.63) is 78.0 Å². The lowest BCUT2D eigenvalue weighted by Crippen LogP contribution is -2.31. The third kappa shape index (κ3) is 2.42. The van der Waals surface area contributed by atoms with E-state index >= 15 is 0 Å². The topological polar surface area (TPSA) is 37.4 Å². The van der Waals surface area contributed by atoms with E-state index in [9.17, 15) is 8.42 Å². The lowest BCUT2D eigenvalue weighted by molar-refractivity contribution is 0.509. The fourth-order valence-electron chi connectivity index (χ4n) is 3.14. The van der Waals surface area contributed by atoms with E-state index in [1.54, 1.807) is 24.3 Å². The molecule has 1 atom stereocenters. The average Bonchev–Trinajstić information content (AvgIpc) is 2.94. The first-order chi connectivity index (χ1) is 11.4. The predicted octanol–water partition coefficient (Wildman–Crippen LogP) is 3.47. The van der Waals surface area contributed by atoms with Crippen molar-refractivity contribution < 1.29 is 8.42 Å². The minimum absolute atomic E-state index is 0.259. The van der Waals surface area contributed by atoms with Gasteiger partial charge < -0.3 is 0 Å². The summed E-state index contributed by atoms with van der Waals surface area (Å²) in [6.45, 7) is 6.30. The summed E-state index contributed by atoms with van der Waals surface area (Å²) in [5.74, 6) is 2.80. The van der Waals surface area contributed by atoms with Crippen LogP contribution in [0, 0.1) is 19.3 Å². The Morgan fingerprint density at radius 3 is 2.33 bits per heavy atom. The zero-order valence-electron chi connectivity index (χ0n) is 13.6. The van der Waals surface area contributed by atoms with Gasteiger partial charge in [-0.15, -0.1) is 6.42 Å². The molecule has 1 fully saturated rings. The Morgan fingerprint density at radius 2 is 1.75 bits per heavy atom. The molecule has 4 heteroatoms. The molecule has 0 aromatic heterocycles. The fourth-order valence-corrected chi connectivity index (χ4v) is 4.65. The Morgan fingerprint density at radius 1 is 1.12 bits per heavy atom. The second kappa shape index (κ2) is 5.85. The van der Waals surface area contributed by atoms with Crippen LogP contribution in [0.25, 0.3) is 0 Å².